The Bertz CT molecular complexity index is 189. The maximum absolute atomic E-state index is 6.33. The highest BCUT2D eigenvalue weighted by molar-refractivity contribution is 4.83. The molecule has 3 unspecified atom stereocenters. The zero-order chi connectivity index (χ0) is 10.7. The van der Waals surface area contributed by atoms with Crippen LogP contribution in [0.1, 0.15) is 45.4 Å². The lowest BCUT2D eigenvalue weighted by Gasteiger charge is -2.27. The van der Waals surface area contributed by atoms with Crippen LogP contribution in [-0.4, -0.2) is 19.3 Å². The standard InChI is InChI=1S/C13H25NO/c1-10-2-3-12(8-10)13(14)9-11-4-6-15-7-5-11/h10-13H,2-9,14H2,1H3. The molecule has 0 bridgehead atoms. The van der Waals surface area contributed by atoms with E-state index in [0.29, 0.717) is 6.04 Å². The molecular weight excluding hydrogens is 186 g/mol. The Morgan fingerprint density at radius 3 is 2.53 bits per heavy atom. The summed E-state index contributed by atoms with van der Waals surface area (Å²) in [6.07, 6.45) is 7.83. The van der Waals surface area contributed by atoms with E-state index >= 15 is 0 Å². The van der Waals surface area contributed by atoms with Gasteiger partial charge in [0.2, 0.25) is 0 Å². The van der Waals surface area contributed by atoms with Crippen LogP contribution in [0.5, 0.6) is 0 Å². The first-order valence-corrected chi connectivity index (χ1v) is 6.59. The van der Waals surface area contributed by atoms with Crippen molar-refractivity contribution in [2.45, 2.75) is 51.5 Å². The summed E-state index contributed by atoms with van der Waals surface area (Å²) in [5.41, 5.74) is 6.33. The van der Waals surface area contributed by atoms with Gasteiger partial charge in [0.1, 0.15) is 0 Å². The average Bonchev–Trinajstić information content (AvgIpc) is 2.66. The molecule has 1 saturated heterocycles. The second-order valence-corrected chi connectivity index (χ2v) is 5.63. The highest BCUT2D eigenvalue weighted by Gasteiger charge is 2.28. The first kappa shape index (κ1) is 11.4. The van der Waals surface area contributed by atoms with E-state index in [4.69, 9.17) is 10.5 Å². The van der Waals surface area contributed by atoms with Gasteiger partial charge in [0.15, 0.2) is 0 Å². The zero-order valence-electron chi connectivity index (χ0n) is 9.95. The summed E-state index contributed by atoms with van der Waals surface area (Å²) in [4.78, 5) is 0. The van der Waals surface area contributed by atoms with Crippen molar-refractivity contribution >= 4 is 0 Å². The number of nitrogens with two attached hydrogens (primary N) is 1. The fourth-order valence-corrected chi connectivity index (χ4v) is 3.20. The highest BCUT2D eigenvalue weighted by atomic mass is 16.5. The lowest BCUT2D eigenvalue weighted by molar-refractivity contribution is 0.0598. The second kappa shape index (κ2) is 5.31. The van der Waals surface area contributed by atoms with Gasteiger partial charge in [0.05, 0.1) is 0 Å². The van der Waals surface area contributed by atoms with Gasteiger partial charge in [-0.15, -0.1) is 0 Å². The van der Waals surface area contributed by atoms with Gasteiger partial charge in [-0.25, -0.2) is 0 Å². The van der Waals surface area contributed by atoms with Crippen LogP contribution >= 0.6 is 0 Å². The summed E-state index contributed by atoms with van der Waals surface area (Å²) in [7, 11) is 0. The Morgan fingerprint density at radius 2 is 1.93 bits per heavy atom. The Balaban J connectivity index is 1.73. The summed E-state index contributed by atoms with van der Waals surface area (Å²) in [5.74, 6) is 2.56. The minimum atomic E-state index is 0.457. The third kappa shape index (κ3) is 3.18. The first-order chi connectivity index (χ1) is 7.25. The smallest absolute Gasteiger partial charge is 0.0468 e. The van der Waals surface area contributed by atoms with Gasteiger partial charge >= 0.3 is 0 Å². The third-order valence-electron chi connectivity index (χ3n) is 4.29. The van der Waals surface area contributed by atoms with Gasteiger partial charge in [-0.1, -0.05) is 13.3 Å². The second-order valence-electron chi connectivity index (χ2n) is 5.63. The molecule has 3 atom stereocenters. The largest absolute Gasteiger partial charge is 0.381 e. The van der Waals surface area contributed by atoms with E-state index < -0.39 is 0 Å². The van der Waals surface area contributed by atoms with Crippen molar-refractivity contribution in [2.75, 3.05) is 13.2 Å². The molecule has 1 aliphatic carbocycles. The van der Waals surface area contributed by atoms with Crippen molar-refractivity contribution in [3.63, 3.8) is 0 Å². The topological polar surface area (TPSA) is 35.2 Å². The quantitative estimate of drug-likeness (QED) is 0.778. The molecule has 2 heteroatoms. The van der Waals surface area contributed by atoms with E-state index in [1.807, 2.05) is 0 Å². The van der Waals surface area contributed by atoms with Crippen molar-refractivity contribution in [1.82, 2.24) is 0 Å². The van der Waals surface area contributed by atoms with E-state index in [0.717, 1.165) is 31.0 Å². The SMILES string of the molecule is CC1CCC(C(N)CC2CCOCC2)C1. The third-order valence-corrected chi connectivity index (χ3v) is 4.29. The van der Waals surface area contributed by atoms with Crippen LogP contribution in [-0.2, 0) is 4.74 Å². The number of ether oxygens (including phenoxy) is 1. The molecule has 2 N–H and O–H groups in total. The molecule has 2 aliphatic rings. The molecule has 0 aromatic carbocycles. The maximum atomic E-state index is 6.33. The van der Waals surface area contributed by atoms with E-state index in [1.165, 1.54) is 38.5 Å². The molecule has 1 heterocycles. The molecule has 0 spiro atoms. The fourth-order valence-electron chi connectivity index (χ4n) is 3.20. The van der Waals surface area contributed by atoms with E-state index in [2.05, 4.69) is 6.92 Å². The Morgan fingerprint density at radius 1 is 1.20 bits per heavy atom. The summed E-state index contributed by atoms with van der Waals surface area (Å²) < 4.78 is 5.38. The predicted molar refractivity (Wildman–Crippen MR) is 62.6 cm³/mol. The molecular formula is C13H25NO. The van der Waals surface area contributed by atoms with Gasteiger partial charge < -0.3 is 10.5 Å². The molecule has 15 heavy (non-hydrogen) atoms. The molecule has 0 radical (unpaired) electrons. The monoisotopic (exact) mass is 211 g/mol. The Hall–Kier alpha value is -0.0800. The highest BCUT2D eigenvalue weighted by Crippen LogP contribution is 2.34. The van der Waals surface area contributed by atoms with E-state index in [-0.39, 0.29) is 0 Å². The van der Waals surface area contributed by atoms with Crippen LogP contribution in [0.15, 0.2) is 0 Å². The van der Waals surface area contributed by atoms with Gasteiger partial charge in [-0.3, -0.25) is 0 Å². The summed E-state index contributed by atoms with van der Waals surface area (Å²) in [6, 6.07) is 0.457. The van der Waals surface area contributed by atoms with Gasteiger partial charge in [-0.05, 0) is 49.9 Å². The van der Waals surface area contributed by atoms with Gasteiger partial charge in [-0.2, -0.15) is 0 Å². The summed E-state index contributed by atoms with van der Waals surface area (Å²) in [5, 5.41) is 0. The summed E-state index contributed by atoms with van der Waals surface area (Å²) in [6.45, 7) is 4.28. The van der Waals surface area contributed by atoms with Crippen LogP contribution in [0.2, 0.25) is 0 Å². The minimum Gasteiger partial charge on any atom is -0.381 e. The maximum Gasteiger partial charge on any atom is 0.0468 e. The molecule has 0 aromatic rings. The Kier molecular flexibility index (Phi) is 4.04. The van der Waals surface area contributed by atoms with Crippen molar-refractivity contribution in [1.29, 1.82) is 0 Å². The number of hydrogen-bond donors (Lipinski definition) is 1. The minimum absolute atomic E-state index is 0.457. The van der Waals surface area contributed by atoms with E-state index in [1.54, 1.807) is 0 Å². The van der Waals surface area contributed by atoms with Gasteiger partial charge in [0.25, 0.3) is 0 Å². The van der Waals surface area contributed by atoms with Crippen LogP contribution in [0.4, 0.5) is 0 Å². The van der Waals surface area contributed by atoms with Crippen LogP contribution in [0.3, 0.4) is 0 Å². The lowest BCUT2D eigenvalue weighted by atomic mass is 9.86. The van der Waals surface area contributed by atoms with Crippen molar-refractivity contribution < 1.29 is 4.74 Å². The molecule has 88 valence electrons. The number of hydrogen-bond acceptors (Lipinski definition) is 2. The molecule has 2 fully saturated rings. The number of rotatable bonds is 3. The lowest BCUT2D eigenvalue weighted by Crippen LogP contribution is -2.32. The predicted octanol–water partition coefficient (Wildman–Crippen LogP) is 2.57. The Labute approximate surface area is 93.6 Å². The average molecular weight is 211 g/mol. The first-order valence-electron chi connectivity index (χ1n) is 6.59. The molecule has 1 saturated carbocycles. The fraction of sp³-hybridized carbons (Fsp3) is 1.00. The van der Waals surface area contributed by atoms with Crippen LogP contribution in [0.25, 0.3) is 0 Å². The normalized spacial score (nSPS) is 35.6. The van der Waals surface area contributed by atoms with Crippen molar-refractivity contribution in [2.24, 2.45) is 23.5 Å². The van der Waals surface area contributed by atoms with Crippen molar-refractivity contribution in [3.05, 3.63) is 0 Å². The molecule has 1 aliphatic heterocycles. The molecule has 2 nitrogen and oxygen atoms in total. The molecule has 0 aromatic heterocycles. The van der Waals surface area contributed by atoms with Gasteiger partial charge in [0, 0.05) is 19.3 Å². The van der Waals surface area contributed by atoms with Crippen LogP contribution in [0, 0.1) is 17.8 Å². The van der Waals surface area contributed by atoms with E-state index in [9.17, 15) is 0 Å². The summed E-state index contributed by atoms with van der Waals surface area (Å²) >= 11 is 0. The molecule has 2 rings (SSSR count). The van der Waals surface area contributed by atoms with Crippen LogP contribution < -0.4 is 5.73 Å². The van der Waals surface area contributed by atoms with Crippen molar-refractivity contribution in [3.8, 4) is 0 Å². The molecule has 0 amide bonds. The zero-order valence-corrected chi connectivity index (χ0v) is 9.95.